The lowest BCUT2D eigenvalue weighted by Crippen LogP contribution is -2.51. The minimum Gasteiger partial charge on any atom is -0.497 e. The van der Waals surface area contributed by atoms with Crippen molar-refractivity contribution in [3.8, 4) is 5.75 Å². The summed E-state index contributed by atoms with van der Waals surface area (Å²) in [6.07, 6.45) is 3.67. The molecule has 0 radical (unpaired) electrons. The number of nitrogens with zero attached hydrogens (tertiary/aromatic N) is 1. The van der Waals surface area contributed by atoms with Crippen molar-refractivity contribution in [2.24, 2.45) is 11.8 Å². The molecule has 0 saturated carbocycles. The Morgan fingerprint density at radius 1 is 1.32 bits per heavy atom. The zero-order chi connectivity index (χ0) is 19.4. The van der Waals surface area contributed by atoms with E-state index in [9.17, 15) is 4.79 Å². The molecule has 0 spiro atoms. The molecule has 0 aliphatic carbocycles. The lowest BCUT2D eigenvalue weighted by molar-refractivity contribution is -0.139. The Bertz CT molecular complexity index is 963. The van der Waals surface area contributed by atoms with Gasteiger partial charge in [-0.1, -0.05) is 0 Å². The third-order valence-corrected chi connectivity index (χ3v) is 6.84. The van der Waals surface area contributed by atoms with E-state index in [4.69, 9.17) is 14.2 Å². The molecule has 6 heteroatoms. The molecular weight excluding hydrogens is 356 g/mol. The monoisotopic (exact) mass is 382 g/mol. The highest BCUT2D eigenvalue weighted by atomic mass is 16.5. The summed E-state index contributed by atoms with van der Waals surface area (Å²) in [6, 6.07) is 6.53. The van der Waals surface area contributed by atoms with Crippen LogP contribution >= 0.6 is 0 Å². The summed E-state index contributed by atoms with van der Waals surface area (Å²) < 4.78 is 16.2. The van der Waals surface area contributed by atoms with Crippen molar-refractivity contribution in [3.05, 3.63) is 41.3 Å². The molecule has 6 nitrogen and oxygen atoms in total. The van der Waals surface area contributed by atoms with Crippen LogP contribution in [0.1, 0.15) is 30.6 Å². The average molecular weight is 382 g/mol. The zero-order valence-electron chi connectivity index (χ0n) is 16.5. The van der Waals surface area contributed by atoms with Crippen LogP contribution in [-0.4, -0.2) is 49.3 Å². The van der Waals surface area contributed by atoms with E-state index < -0.39 is 0 Å². The third-order valence-electron chi connectivity index (χ3n) is 6.84. The number of hydrogen-bond acceptors (Lipinski definition) is 5. The van der Waals surface area contributed by atoms with E-state index >= 15 is 0 Å². The predicted molar refractivity (Wildman–Crippen MR) is 105 cm³/mol. The van der Waals surface area contributed by atoms with Gasteiger partial charge in [-0.15, -0.1) is 0 Å². The number of aromatic nitrogens is 1. The molecule has 3 unspecified atom stereocenters. The molecule has 2 aromatic rings. The maximum atomic E-state index is 12.3. The number of piperidine rings is 1. The second-order valence-electron chi connectivity index (χ2n) is 8.10. The van der Waals surface area contributed by atoms with Crippen molar-refractivity contribution < 1.29 is 19.0 Å². The molecule has 1 saturated heterocycles. The van der Waals surface area contributed by atoms with Gasteiger partial charge in [0, 0.05) is 47.6 Å². The zero-order valence-corrected chi connectivity index (χ0v) is 16.5. The van der Waals surface area contributed by atoms with Gasteiger partial charge in [0.05, 0.1) is 38.2 Å². The quantitative estimate of drug-likeness (QED) is 0.809. The van der Waals surface area contributed by atoms with Crippen LogP contribution in [0.4, 0.5) is 0 Å². The van der Waals surface area contributed by atoms with E-state index in [-0.39, 0.29) is 24.0 Å². The third kappa shape index (κ3) is 2.54. The number of aromatic amines is 1. The number of rotatable bonds is 2. The Hall–Kier alpha value is -2.47. The van der Waals surface area contributed by atoms with Crippen LogP contribution in [0.15, 0.2) is 30.0 Å². The van der Waals surface area contributed by atoms with Gasteiger partial charge in [0.15, 0.2) is 0 Å². The summed E-state index contributed by atoms with van der Waals surface area (Å²) in [5.74, 6) is 1.05. The highest BCUT2D eigenvalue weighted by Crippen LogP contribution is 2.47. The normalized spacial score (nSPS) is 29.2. The van der Waals surface area contributed by atoms with Crippen LogP contribution in [0.25, 0.3) is 10.9 Å². The molecule has 1 aromatic carbocycles. The van der Waals surface area contributed by atoms with Crippen molar-refractivity contribution in [2.75, 3.05) is 27.3 Å². The van der Waals surface area contributed by atoms with Gasteiger partial charge in [-0.25, -0.2) is 4.79 Å². The average Bonchev–Trinajstić information content (AvgIpc) is 3.10. The highest BCUT2D eigenvalue weighted by molar-refractivity contribution is 5.89. The largest absolute Gasteiger partial charge is 0.497 e. The summed E-state index contributed by atoms with van der Waals surface area (Å²) in [7, 11) is 3.13. The second-order valence-corrected chi connectivity index (χ2v) is 8.10. The van der Waals surface area contributed by atoms with Crippen LogP contribution in [0.5, 0.6) is 5.75 Å². The van der Waals surface area contributed by atoms with Crippen LogP contribution in [0.3, 0.4) is 0 Å². The second kappa shape index (κ2) is 6.55. The van der Waals surface area contributed by atoms with Crippen molar-refractivity contribution in [3.63, 3.8) is 0 Å². The lowest BCUT2D eigenvalue weighted by atomic mass is 9.72. The first kappa shape index (κ1) is 17.6. The minimum atomic E-state index is -0.271. The molecule has 4 heterocycles. The van der Waals surface area contributed by atoms with E-state index in [0.29, 0.717) is 11.5 Å². The van der Waals surface area contributed by atoms with Gasteiger partial charge in [-0.05, 0) is 37.5 Å². The molecule has 3 aliphatic heterocycles. The number of hydrogen-bond donors (Lipinski definition) is 1. The SMILES string of the molecule is COC(=O)C1=COC(C)[C@H]2CN3CCc4c([nH]c5cc(OC)ccc45)C3CC12. The molecule has 0 bridgehead atoms. The molecule has 3 aliphatic rings. The van der Waals surface area contributed by atoms with Gasteiger partial charge in [0.25, 0.3) is 0 Å². The summed E-state index contributed by atoms with van der Waals surface area (Å²) >= 11 is 0. The van der Waals surface area contributed by atoms with Crippen LogP contribution in [0, 0.1) is 11.8 Å². The Kier molecular flexibility index (Phi) is 4.12. The molecule has 1 aromatic heterocycles. The van der Waals surface area contributed by atoms with E-state index in [2.05, 4.69) is 28.9 Å². The van der Waals surface area contributed by atoms with E-state index in [1.54, 1.807) is 13.4 Å². The van der Waals surface area contributed by atoms with Gasteiger partial charge in [0.1, 0.15) is 5.75 Å². The predicted octanol–water partition coefficient (Wildman–Crippen LogP) is 3.19. The van der Waals surface area contributed by atoms with Crippen molar-refractivity contribution in [1.29, 1.82) is 0 Å². The fourth-order valence-electron chi connectivity index (χ4n) is 5.35. The molecule has 4 atom stereocenters. The van der Waals surface area contributed by atoms with E-state index in [0.717, 1.165) is 37.2 Å². The molecular formula is C22H26N2O4. The summed E-state index contributed by atoms with van der Waals surface area (Å²) in [4.78, 5) is 18.6. The Morgan fingerprint density at radius 2 is 2.18 bits per heavy atom. The molecule has 5 rings (SSSR count). The minimum absolute atomic E-state index is 0.104. The van der Waals surface area contributed by atoms with Crippen molar-refractivity contribution in [1.82, 2.24) is 9.88 Å². The van der Waals surface area contributed by atoms with Gasteiger partial charge in [-0.3, -0.25) is 4.90 Å². The first-order chi connectivity index (χ1) is 13.6. The number of nitrogens with one attached hydrogen (secondary N) is 1. The fraction of sp³-hybridized carbons (Fsp3) is 0.500. The van der Waals surface area contributed by atoms with Gasteiger partial charge in [-0.2, -0.15) is 0 Å². The summed E-state index contributed by atoms with van der Waals surface area (Å²) in [5, 5.41) is 1.28. The van der Waals surface area contributed by atoms with Crippen molar-refractivity contribution in [2.45, 2.75) is 31.9 Å². The maximum Gasteiger partial charge on any atom is 0.337 e. The summed E-state index contributed by atoms with van der Waals surface area (Å²) in [6.45, 7) is 4.07. The van der Waals surface area contributed by atoms with Crippen molar-refractivity contribution >= 4 is 16.9 Å². The Labute approximate surface area is 164 Å². The molecule has 1 fully saturated rings. The summed E-state index contributed by atoms with van der Waals surface area (Å²) in [5.41, 5.74) is 4.49. The van der Waals surface area contributed by atoms with Gasteiger partial charge in [0.2, 0.25) is 0 Å². The topological polar surface area (TPSA) is 63.8 Å². The number of fused-ring (bicyclic) bond motifs is 6. The number of methoxy groups -OCH3 is 2. The van der Waals surface area contributed by atoms with Gasteiger partial charge < -0.3 is 19.2 Å². The Balaban J connectivity index is 1.54. The van der Waals surface area contributed by atoms with Crippen LogP contribution < -0.4 is 4.74 Å². The number of carbonyl (C=O) groups is 1. The Morgan fingerprint density at radius 3 is 2.96 bits per heavy atom. The lowest BCUT2D eigenvalue weighted by Gasteiger charge is -2.49. The maximum absolute atomic E-state index is 12.3. The molecule has 28 heavy (non-hydrogen) atoms. The molecule has 0 amide bonds. The number of benzene rings is 1. The fourth-order valence-corrected chi connectivity index (χ4v) is 5.35. The number of H-pyrrole nitrogens is 1. The van der Waals surface area contributed by atoms with E-state index in [1.807, 2.05) is 6.07 Å². The highest BCUT2D eigenvalue weighted by Gasteiger charge is 2.46. The van der Waals surface area contributed by atoms with Crippen LogP contribution in [0.2, 0.25) is 0 Å². The standard InChI is InChI=1S/C22H26N2O4/c1-12-17-10-24-7-6-15-14-5-4-13(26-2)8-19(14)23-21(15)20(24)9-16(17)18(11-28-12)22(25)27-3/h4-5,8,11-12,16-17,20,23H,6-7,9-10H2,1-3H3/t12?,16?,17-,20?/m1/s1. The number of carbonyl (C=O) groups excluding carboxylic acids is 1. The van der Waals surface area contributed by atoms with E-state index in [1.165, 1.54) is 23.8 Å². The van der Waals surface area contributed by atoms with Gasteiger partial charge >= 0.3 is 5.97 Å². The molecule has 148 valence electrons. The van der Waals surface area contributed by atoms with Crippen LogP contribution in [-0.2, 0) is 20.7 Å². The number of esters is 1. The smallest absolute Gasteiger partial charge is 0.337 e. The number of ether oxygens (including phenoxy) is 3. The first-order valence-electron chi connectivity index (χ1n) is 9.97. The molecule has 1 N–H and O–H groups in total. The first-order valence-corrected chi connectivity index (χ1v) is 9.97.